The van der Waals surface area contributed by atoms with Gasteiger partial charge < -0.3 is 5.11 Å². The summed E-state index contributed by atoms with van der Waals surface area (Å²) in [4.78, 5) is 18.5. The Morgan fingerprint density at radius 2 is 1.83 bits per heavy atom. The SMILES string of the molecule is Cc1nc(C)c(C)c(C(=O)O)n1. The lowest BCUT2D eigenvalue weighted by Gasteiger charge is -2.03. The number of hydrogen-bond donors (Lipinski definition) is 1. The van der Waals surface area contributed by atoms with E-state index in [-0.39, 0.29) is 5.69 Å². The Balaban J connectivity index is 3.37. The second kappa shape index (κ2) is 2.89. The molecule has 0 amide bonds. The molecule has 0 saturated carbocycles. The summed E-state index contributed by atoms with van der Waals surface area (Å²) in [6.07, 6.45) is 0. The third-order valence-electron chi connectivity index (χ3n) is 1.70. The zero-order valence-electron chi connectivity index (χ0n) is 7.25. The summed E-state index contributed by atoms with van der Waals surface area (Å²) in [6, 6.07) is 0. The number of carbonyl (C=O) groups is 1. The molecule has 4 nitrogen and oxygen atoms in total. The van der Waals surface area contributed by atoms with E-state index in [1.165, 1.54) is 0 Å². The van der Waals surface area contributed by atoms with Crippen LogP contribution in [-0.4, -0.2) is 21.0 Å². The summed E-state index contributed by atoms with van der Waals surface area (Å²) in [6.45, 7) is 5.16. The summed E-state index contributed by atoms with van der Waals surface area (Å²) in [5.74, 6) is -0.503. The molecule has 4 heteroatoms. The fraction of sp³-hybridized carbons (Fsp3) is 0.375. The number of aryl methyl sites for hydroxylation is 2. The highest BCUT2D eigenvalue weighted by Crippen LogP contribution is 2.08. The Kier molecular flexibility index (Phi) is 2.08. The van der Waals surface area contributed by atoms with Gasteiger partial charge in [-0.2, -0.15) is 0 Å². The van der Waals surface area contributed by atoms with Crippen molar-refractivity contribution < 1.29 is 9.90 Å². The monoisotopic (exact) mass is 166 g/mol. The molecule has 12 heavy (non-hydrogen) atoms. The highest BCUT2D eigenvalue weighted by atomic mass is 16.4. The van der Waals surface area contributed by atoms with Crippen LogP contribution < -0.4 is 0 Å². The smallest absolute Gasteiger partial charge is 0.354 e. The number of rotatable bonds is 1. The number of carboxylic acids is 1. The lowest BCUT2D eigenvalue weighted by Crippen LogP contribution is -2.08. The number of hydrogen-bond acceptors (Lipinski definition) is 3. The van der Waals surface area contributed by atoms with E-state index in [1.807, 2.05) is 0 Å². The van der Waals surface area contributed by atoms with Crippen LogP contribution in [0.2, 0.25) is 0 Å². The normalized spacial score (nSPS) is 9.92. The van der Waals surface area contributed by atoms with Crippen molar-refractivity contribution in [2.45, 2.75) is 20.8 Å². The summed E-state index contributed by atoms with van der Waals surface area (Å²) in [5.41, 5.74) is 1.45. The molecule has 1 N–H and O–H groups in total. The number of carboxylic acid groups (broad SMARTS) is 1. The van der Waals surface area contributed by atoms with Gasteiger partial charge in [0, 0.05) is 11.3 Å². The first kappa shape index (κ1) is 8.64. The van der Waals surface area contributed by atoms with Crippen LogP contribution in [0.4, 0.5) is 0 Å². The largest absolute Gasteiger partial charge is 0.477 e. The van der Waals surface area contributed by atoms with Gasteiger partial charge in [0.05, 0.1) is 0 Å². The van der Waals surface area contributed by atoms with Crippen LogP contribution >= 0.6 is 0 Å². The topological polar surface area (TPSA) is 63.1 Å². The van der Waals surface area contributed by atoms with Gasteiger partial charge in [-0.25, -0.2) is 14.8 Å². The summed E-state index contributed by atoms with van der Waals surface area (Å²) >= 11 is 0. The lowest BCUT2D eigenvalue weighted by atomic mass is 10.2. The van der Waals surface area contributed by atoms with Crippen molar-refractivity contribution in [3.05, 3.63) is 22.8 Å². The van der Waals surface area contributed by atoms with Gasteiger partial charge in [-0.1, -0.05) is 0 Å². The van der Waals surface area contributed by atoms with Crippen molar-refractivity contribution in [1.82, 2.24) is 9.97 Å². The first-order valence-electron chi connectivity index (χ1n) is 3.57. The van der Waals surface area contributed by atoms with E-state index >= 15 is 0 Å². The predicted molar refractivity (Wildman–Crippen MR) is 43.2 cm³/mol. The van der Waals surface area contributed by atoms with E-state index in [0.29, 0.717) is 11.4 Å². The van der Waals surface area contributed by atoms with Crippen molar-refractivity contribution >= 4 is 5.97 Å². The number of aromatic carboxylic acids is 1. The zero-order chi connectivity index (χ0) is 9.30. The maximum atomic E-state index is 10.6. The third kappa shape index (κ3) is 1.42. The Labute approximate surface area is 70.3 Å². The maximum Gasteiger partial charge on any atom is 0.354 e. The number of nitrogens with zero attached hydrogens (tertiary/aromatic N) is 2. The molecule has 0 aliphatic heterocycles. The first-order chi connectivity index (χ1) is 5.52. The molecular weight excluding hydrogens is 156 g/mol. The quantitative estimate of drug-likeness (QED) is 0.678. The molecule has 64 valence electrons. The Morgan fingerprint density at radius 1 is 1.25 bits per heavy atom. The van der Waals surface area contributed by atoms with Crippen molar-refractivity contribution in [1.29, 1.82) is 0 Å². The lowest BCUT2D eigenvalue weighted by molar-refractivity contribution is 0.0689. The second-order valence-electron chi connectivity index (χ2n) is 2.63. The van der Waals surface area contributed by atoms with Gasteiger partial charge in [0.1, 0.15) is 5.82 Å². The third-order valence-corrected chi connectivity index (χ3v) is 1.70. The summed E-state index contributed by atoms with van der Waals surface area (Å²) in [5, 5.41) is 8.72. The summed E-state index contributed by atoms with van der Waals surface area (Å²) in [7, 11) is 0. The molecule has 1 heterocycles. The molecule has 0 atom stereocenters. The van der Waals surface area contributed by atoms with E-state index in [1.54, 1.807) is 20.8 Å². The van der Waals surface area contributed by atoms with Crippen molar-refractivity contribution in [2.24, 2.45) is 0 Å². The van der Waals surface area contributed by atoms with E-state index in [2.05, 4.69) is 9.97 Å². The molecule has 0 aromatic carbocycles. The molecule has 0 saturated heterocycles. The van der Waals surface area contributed by atoms with E-state index in [9.17, 15) is 4.79 Å². The Morgan fingerprint density at radius 3 is 2.33 bits per heavy atom. The molecule has 0 spiro atoms. The van der Waals surface area contributed by atoms with Gasteiger partial charge in [-0.3, -0.25) is 0 Å². The Hall–Kier alpha value is -1.45. The molecular formula is C8H10N2O2. The van der Waals surface area contributed by atoms with Gasteiger partial charge in [0.25, 0.3) is 0 Å². The molecule has 0 aliphatic carbocycles. The molecule has 0 aliphatic rings. The Bertz CT molecular complexity index is 334. The van der Waals surface area contributed by atoms with Gasteiger partial charge in [0.2, 0.25) is 0 Å². The van der Waals surface area contributed by atoms with Crippen LogP contribution in [0.1, 0.15) is 27.6 Å². The van der Waals surface area contributed by atoms with Crippen molar-refractivity contribution in [3.8, 4) is 0 Å². The fourth-order valence-electron chi connectivity index (χ4n) is 0.977. The van der Waals surface area contributed by atoms with Crippen LogP contribution in [-0.2, 0) is 0 Å². The molecule has 0 radical (unpaired) electrons. The molecule has 0 bridgehead atoms. The highest BCUT2D eigenvalue weighted by Gasteiger charge is 2.11. The molecule has 0 unspecified atom stereocenters. The summed E-state index contributed by atoms with van der Waals surface area (Å²) < 4.78 is 0. The highest BCUT2D eigenvalue weighted by molar-refractivity contribution is 5.87. The average Bonchev–Trinajstić information content (AvgIpc) is 1.96. The van der Waals surface area contributed by atoms with Gasteiger partial charge >= 0.3 is 5.97 Å². The minimum atomic E-state index is -0.999. The minimum absolute atomic E-state index is 0.0972. The standard InChI is InChI=1S/C8H10N2O2/c1-4-5(2)9-6(3)10-7(4)8(11)12/h1-3H3,(H,11,12). The molecule has 1 aromatic heterocycles. The van der Waals surface area contributed by atoms with Gasteiger partial charge in [-0.15, -0.1) is 0 Å². The second-order valence-corrected chi connectivity index (χ2v) is 2.63. The van der Waals surface area contributed by atoms with E-state index in [4.69, 9.17) is 5.11 Å². The maximum absolute atomic E-state index is 10.6. The minimum Gasteiger partial charge on any atom is -0.477 e. The van der Waals surface area contributed by atoms with Crippen molar-refractivity contribution in [3.63, 3.8) is 0 Å². The van der Waals surface area contributed by atoms with Crippen LogP contribution in [0, 0.1) is 20.8 Å². The van der Waals surface area contributed by atoms with Crippen LogP contribution in [0.5, 0.6) is 0 Å². The zero-order valence-corrected chi connectivity index (χ0v) is 7.25. The van der Waals surface area contributed by atoms with Crippen LogP contribution in [0.25, 0.3) is 0 Å². The van der Waals surface area contributed by atoms with Crippen molar-refractivity contribution in [2.75, 3.05) is 0 Å². The van der Waals surface area contributed by atoms with E-state index < -0.39 is 5.97 Å². The fourth-order valence-corrected chi connectivity index (χ4v) is 0.977. The van der Waals surface area contributed by atoms with Gasteiger partial charge in [-0.05, 0) is 20.8 Å². The molecule has 1 rings (SSSR count). The van der Waals surface area contributed by atoms with Crippen LogP contribution in [0.15, 0.2) is 0 Å². The number of aromatic nitrogens is 2. The molecule has 1 aromatic rings. The average molecular weight is 166 g/mol. The van der Waals surface area contributed by atoms with Crippen LogP contribution in [0.3, 0.4) is 0 Å². The first-order valence-corrected chi connectivity index (χ1v) is 3.57. The van der Waals surface area contributed by atoms with E-state index in [0.717, 1.165) is 5.69 Å². The predicted octanol–water partition coefficient (Wildman–Crippen LogP) is 1.10. The van der Waals surface area contributed by atoms with Gasteiger partial charge in [0.15, 0.2) is 5.69 Å². The molecule has 0 fully saturated rings.